The molecule has 1 amide bonds. The van der Waals surface area contributed by atoms with Crippen molar-refractivity contribution in [1.82, 2.24) is 10.6 Å². The van der Waals surface area contributed by atoms with E-state index in [1.165, 1.54) is 0 Å². The molecule has 0 aromatic rings. The fourth-order valence-corrected chi connectivity index (χ4v) is 1.94. The summed E-state index contributed by atoms with van der Waals surface area (Å²) in [6, 6.07) is 0.727. The van der Waals surface area contributed by atoms with E-state index in [0.29, 0.717) is 24.4 Å². The third-order valence-corrected chi connectivity index (χ3v) is 2.87. The molecule has 0 aliphatic carbocycles. The summed E-state index contributed by atoms with van der Waals surface area (Å²) in [4.78, 5) is 11.4. The van der Waals surface area contributed by atoms with E-state index in [9.17, 15) is 4.79 Å². The van der Waals surface area contributed by atoms with Crippen molar-refractivity contribution in [3.63, 3.8) is 0 Å². The van der Waals surface area contributed by atoms with Crippen LogP contribution in [0.3, 0.4) is 0 Å². The SMILES string of the molecule is CCCC(=O)NC1CC(C)CNC1C. The summed E-state index contributed by atoms with van der Waals surface area (Å²) in [5.74, 6) is 0.860. The smallest absolute Gasteiger partial charge is 0.220 e. The molecule has 3 heteroatoms. The van der Waals surface area contributed by atoms with Crippen LogP contribution in [0.5, 0.6) is 0 Å². The van der Waals surface area contributed by atoms with E-state index in [4.69, 9.17) is 0 Å². The lowest BCUT2D eigenvalue weighted by molar-refractivity contribution is -0.122. The van der Waals surface area contributed by atoms with Gasteiger partial charge in [-0.15, -0.1) is 0 Å². The summed E-state index contributed by atoms with van der Waals surface area (Å²) in [6.45, 7) is 7.46. The van der Waals surface area contributed by atoms with Gasteiger partial charge in [-0.05, 0) is 32.2 Å². The van der Waals surface area contributed by atoms with Crippen molar-refractivity contribution in [3.05, 3.63) is 0 Å². The molecule has 3 nitrogen and oxygen atoms in total. The first kappa shape index (κ1) is 11.5. The number of rotatable bonds is 3. The minimum atomic E-state index is 0.195. The molecule has 1 aliphatic rings. The summed E-state index contributed by atoms with van der Waals surface area (Å²) in [6.07, 6.45) is 2.68. The second-order valence-electron chi connectivity index (χ2n) is 4.46. The highest BCUT2D eigenvalue weighted by molar-refractivity contribution is 5.76. The monoisotopic (exact) mass is 198 g/mol. The Morgan fingerprint density at radius 2 is 2.21 bits per heavy atom. The highest BCUT2D eigenvalue weighted by Crippen LogP contribution is 2.14. The lowest BCUT2D eigenvalue weighted by atomic mass is 9.92. The Bertz CT molecular complexity index is 194. The van der Waals surface area contributed by atoms with Crippen LogP contribution in [0.25, 0.3) is 0 Å². The van der Waals surface area contributed by atoms with Gasteiger partial charge in [0, 0.05) is 18.5 Å². The van der Waals surface area contributed by atoms with Gasteiger partial charge in [-0.25, -0.2) is 0 Å². The van der Waals surface area contributed by atoms with Crippen LogP contribution < -0.4 is 10.6 Å². The summed E-state index contributed by atoms with van der Waals surface area (Å²) < 4.78 is 0. The molecule has 1 aliphatic heterocycles. The molecule has 3 unspecified atom stereocenters. The topological polar surface area (TPSA) is 41.1 Å². The normalized spacial score (nSPS) is 32.6. The molecule has 1 heterocycles. The fraction of sp³-hybridized carbons (Fsp3) is 0.909. The summed E-state index contributed by atoms with van der Waals surface area (Å²) >= 11 is 0. The summed E-state index contributed by atoms with van der Waals surface area (Å²) in [5, 5.41) is 6.51. The molecule has 1 rings (SSSR count). The van der Waals surface area contributed by atoms with E-state index in [0.717, 1.165) is 19.4 Å². The van der Waals surface area contributed by atoms with Gasteiger partial charge in [0.05, 0.1) is 0 Å². The van der Waals surface area contributed by atoms with Crippen LogP contribution in [0.2, 0.25) is 0 Å². The molecule has 2 N–H and O–H groups in total. The van der Waals surface area contributed by atoms with Crippen molar-refractivity contribution in [3.8, 4) is 0 Å². The Kier molecular flexibility index (Phi) is 4.39. The van der Waals surface area contributed by atoms with Crippen molar-refractivity contribution in [2.24, 2.45) is 5.92 Å². The third kappa shape index (κ3) is 3.29. The number of carbonyl (C=O) groups is 1. The first-order valence-electron chi connectivity index (χ1n) is 5.66. The fourth-order valence-electron chi connectivity index (χ4n) is 1.94. The number of nitrogens with one attached hydrogen (secondary N) is 2. The minimum Gasteiger partial charge on any atom is -0.352 e. The maximum Gasteiger partial charge on any atom is 0.220 e. The number of hydrogen-bond donors (Lipinski definition) is 2. The van der Waals surface area contributed by atoms with Crippen LogP contribution in [-0.2, 0) is 4.79 Å². The Labute approximate surface area is 86.6 Å². The number of amides is 1. The Balaban J connectivity index is 2.37. The lowest BCUT2D eigenvalue weighted by Gasteiger charge is -2.34. The second-order valence-corrected chi connectivity index (χ2v) is 4.46. The maximum atomic E-state index is 11.4. The highest BCUT2D eigenvalue weighted by Gasteiger charge is 2.25. The maximum absolute atomic E-state index is 11.4. The molecule has 82 valence electrons. The summed E-state index contributed by atoms with van der Waals surface area (Å²) in [5.41, 5.74) is 0. The molecule has 0 spiro atoms. The molecule has 0 bridgehead atoms. The Morgan fingerprint density at radius 3 is 2.86 bits per heavy atom. The second kappa shape index (κ2) is 5.35. The molecule has 0 aromatic heterocycles. The van der Waals surface area contributed by atoms with Crippen LogP contribution in [0.15, 0.2) is 0 Å². The van der Waals surface area contributed by atoms with Gasteiger partial charge >= 0.3 is 0 Å². The van der Waals surface area contributed by atoms with Crippen LogP contribution in [0.4, 0.5) is 0 Å². The molecule has 3 atom stereocenters. The average molecular weight is 198 g/mol. The molecule has 1 saturated heterocycles. The van der Waals surface area contributed by atoms with Crippen LogP contribution in [-0.4, -0.2) is 24.5 Å². The Morgan fingerprint density at radius 1 is 1.50 bits per heavy atom. The van der Waals surface area contributed by atoms with E-state index in [1.807, 2.05) is 6.92 Å². The first-order chi connectivity index (χ1) is 6.63. The van der Waals surface area contributed by atoms with E-state index in [2.05, 4.69) is 24.5 Å². The molecule has 0 aromatic carbocycles. The van der Waals surface area contributed by atoms with E-state index >= 15 is 0 Å². The van der Waals surface area contributed by atoms with E-state index < -0.39 is 0 Å². The molecule has 14 heavy (non-hydrogen) atoms. The van der Waals surface area contributed by atoms with Crippen molar-refractivity contribution >= 4 is 5.91 Å². The minimum absolute atomic E-state index is 0.195. The lowest BCUT2D eigenvalue weighted by Crippen LogP contribution is -2.54. The molecule has 1 fully saturated rings. The van der Waals surface area contributed by atoms with Crippen LogP contribution >= 0.6 is 0 Å². The van der Waals surface area contributed by atoms with Gasteiger partial charge in [-0.1, -0.05) is 13.8 Å². The van der Waals surface area contributed by atoms with Crippen LogP contribution in [0, 0.1) is 5.92 Å². The zero-order chi connectivity index (χ0) is 10.6. The van der Waals surface area contributed by atoms with Gasteiger partial charge in [0.2, 0.25) is 5.91 Å². The van der Waals surface area contributed by atoms with Crippen LogP contribution in [0.1, 0.15) is 40.0 Å². The Hall–Kier alpha value is -0.570. The third-order valence-electron chi connectivity index (χ3n) is 2.87. The summed E-state index contributed by atoms with van der Waals surface area (Å²) in [7, 11) is 0. The predicted octanol–water partition coefficient (Wildman–Crippen LogP) is 1.29. The number of carbonyl (C=O) groups excluding carboxylic acids is 1. The van der Waals surface area contributed by atoms with Crippen molar-refractivity contribution < 1.29 is 4.79 Å². The number of piperidine rings is 1. The largest absolute Gasteiger partial charge is 0.352 e. The molecule has 0 radical (unpaired) electrons. The zero-order valence-corrected chi connectivity index (χ0v) is 9.47. The van der Waals surface area contributed by atoms with Gasteiger partial charge in [-0.2, -0.15) is 0 Å². The van der Waals surface area contributed by atoms with Gasteiger partial charge in [0.15, 0.2) is 0 Å². The molecule has 0 saturated carbocycles. The van der Waals surface area contributed by atoms with E-state index in [1.54, 1.807) is 0 Å². The van der Waals surface area contributed by atoms with Gasteiger partial charge in [0.25, 0.3) is 0 Å². The standard InChI is InChI=1S/C11H22N2O/c1-4-5-11(14)13-10-6-8(2)7-12-9(10)3/h8-10,12H,4-7H2,1-3H3,(H,13,14). The zero-order valence-electron chi connectivity index (χ0n) is 9.47. The van der Waals surface area contributed by atoms with Gasteiger partial charge in [0.1, 0.15) is 0 Å². The predicted molar refractivity (Wildman–Crippen MR) is 58.1 cm³/mol. The first-order valence-corrected chi connectivity index (χ1v) is 5.66. The van der Waals surface area contributed by atoms with Gasteiger partial charge < -0.3 is 10.6 Å². The van der Waals surface area contributed by atoms with E-state index in [-0.39, 0.29) is 5.91 Å². The van der Waals surface area contributed by atoms with Crippen molar-refractivity contribution in [1.29, 1.82) is 0 Å². The van der Waals surface area contributed by atoms with Gasteiger partial charge in [-0.3, -0.25) is 4.79 Å². The average Bonchev–Trinajstić information content (AvgIpc) is 2.12. The molecular formula is C11H22N2O. The van der Waals surface area contributed by atoms with Crippen molar-refractivity contribution in [2.75, 3.05) is 6.54 Å². The number of hydrogen-bond acceptors (Lipinski definition) is 2. The highest BCUT2D eigenvalue weighted by atomic mass is 16.1. The molecular weight excluding hydrogens is 176 g/mol. The van der Waals surface area contributed by atoms with Crippen molar-refractivity contribution in [2.45, 2.75) is 52.1 Å². The quantitative estimate of drug-likeness (QED) is 0.717.